The molecule has 1 N–H and O–H groups in total. The standard InChI is InChI=1S/C15H11Br2ClO2/c16-13(9-4-2-1-3-5-9)14(17)15(20)11-8-10(18)6-7-12(11)19/h1-8,13-14,19H/t13-,14-/m0/s1. The molecule has 2 aromatic carbocycles. The van der Waals surface area contributed by atoms with E-state index in [-0.39, 0.29) is 21.9 Å². The Labute approximate surface area is 139 Å². The predicted molar refractivity (Wildman–Crippen MR) is 88.3 cm³/mol. The third kappa shape index (κ3) is 3.43. The lowest BCUT2D eigenvalue weighted by molar-refractivity contribution is 0.0988. The van der Waals surface area contributed by atoms with Crippen LogP contribution in [0.25, 0.3) is 0 Å². The van der Waals surface area contributed by atoms with Gasteiger partial charge in [0.15, 0.2) is 5.78 Å². The summed E-state index contributed by atoms with van der Waals surface area (Å²) >= 11 is 12.8. The maximum absolute atomic E-state index is 12.4. The molecule has 2 atom stereocenters. The smallest absolute Gasteiger partial charge is 0.181 e. The first-order valence-electron chi connectivity index (χ1n) is 5.86. The van der Waals surface area contributed by atoms with Gasteiger partial charge < -0.3 is 5.11 Å². The SMILES string of the molecule is O=C(c1cc(Cl)ccc1O)[C@@H](Br)[C@@H](Br)c1ccccc1. The first kappa shape index (κ1) is 15.5. The van der Waals surface area contributed by atoms with Crippen LogP contribution in [0.5, 0.6) is 5.75 Å². The Morgan fingerprint density at radius 3 is 2.40 bits per heavy atom. The maximum Gasteiger partial charge on any atom is 0.181 e. The van der Waals surface area contributed by atoms with Crippen molar-refractivity contribution in [3.05, 3.63) is 64.7 Å². The minimum Gasteiger partial charge on any atom is -0.507 e. The lowest BCUT2D eigenvalue weighted by Crippen LogP contribution is -2.19. The van der Waals surface area contributed by atoms with Crippen molar-refractivity contribution in [2.24, 2.45) is 0 Å². The van der Waals surface area contributed by atoms with Gasteiger partial charge in [-0.05, 0) is 23.8 Å². The van der Waals surface area contributed by atoms with Crippen LogP contribution in [0.4, 0.5) is 0 Å². The summed E-state index contributed by atoms with van der Waals surface area (Å²) in [6.45, 7) is 0. The number of rotatable bonds is 4. The van der Waals surface area contributed by atoms with Crippen LogP contribution in [0.3, 0.4) is 0 Å². The number of carbonyl (C=O) groups is 1. The topological polar surface area (TPSA) is 37.3 Å². The third-order valence-corrected chi connectivity index (χ3v) is 5.80. The average molecular weight is 419 g/mol. The zero-order valence-electron chi connectivity index (χ0n) is 10.3. The summed E-state index contributed by atoms with van der Waals surface area (Å²) in [6, 6.07) is 14.0. The lowest BCUT2D eigenvalue weighted by Gasteiger charge is -2.17. The number of Topliss-reactive ketones (excluding diaryl/α,β-unsaturated/α-hetero) is 1. The first-order valence-corrected chi connectivity index (χ1v) is 8.07. The number of aromatic hydroxyl groups is 1. The highest BCUT2D eigenvalue weighted by atomic mass is 79.9. The molecule has 2 nitrogen and oxygen atoms in total. The van der Waals surface area contributed by atoms with E-state index in [1.807, 2.05) is 30.3 Å². The van der Waals surface area contributed by atoms with E-state index < -0.39 is 4.83 Å². The fourth-order valence-corrected chi connectivity index (χ4v) is 3.06. The molecule has 2 rings (SSSR count). The fourth-order valence-electron chi connectivity index (χ4n) is 1.79. The largest absolute Gasteiger partial charge is 0.507 e. The number of benzene rings is 2. The van der Waals surface area contributed by atoms with Crippen LogP contribution in [0, 0.1) is 0 Å². The van der Waals surface area contributed by atoms with Crippen molar-refractivity contribution in [1.82, 2.24) is 0 Å². The molecule has 0 amide bonds. The van der Waals surface area contributed by atoms with E-state index in [0.717, 1.165) is 5.56 Å². The van der Waals surface area contributed by atoms with Gasteiger partial charge in [0.1, 0.15) is 5.75 Å². The van der Waals surface area contributed by atoms with Crippen LogP contribution in [-0.2, 0) is 0 Å². The highest BCUT2D eigenvalue weighted by Crippen LogP contribution is 2.35. The van der Waals surface area contributed by atoms with E-state index in [2.05, 4.69) is 31.9 Å². The van der Waals surface area contributed by atoms with Crippen LogP contribution in [0.2, 0.25) is 5.02 Å². The molecule has 0 aliphatic rings. The van der Waals surface area contributed by atoms with E-state index in [4.69, 9.17) is 11.6 Å². The Bertz CT molecular complexity index is 617. The molecule has 0 aromatic heterocycles. The summed E-state index contributed by atoms with van der Waals surface area (Å²) in [6.07, 6.45) is 0. The molecule has 0 saturated carbocycles. The number of halogens is 3. The molecular weight excluding hydrogens is 407 g/mol. The van der Waals surface area contributed by atoms with E-state index >= 15 is 0 Å². The molecule has 0 radical (unpaired) electrons. The number of ketones is 1. The molecule has 20 heavy (non-hydrogen) atoms. The monoisotopic (exact) mass is 416 g/mol. The summed E-state index contributed by atoms with van der Waals surface area (Å²) in [5.41, 5.74) is 1.18. The molecule has 0 saturated heterocycles. The van der Waals surface area contributed by atoms with Crippen LogP contribution in [0.1, 0.15) is 20.7 Å². The molecule has 0 fully saturated rings. The number of carbonyl (C=O) groups excluding carboxylic acids is 1. The molecular formula is C15H11Br2ClO2. The molecule has 0 bridgehead atoms. The Morgan fingerprint density at radius 2 is 1.75 bits per heavy atom. The summed E-state index contributed by atoms with van der Waals surface area (Å²) < 4.78 is 0. The second kappa shape index (κ2) is 6.74. The number of alkyl halides is 2. The molecule has 5 heteroatoms. The Balaban J connectivity index is 2.27. The Kier molecular flexibility index (Phi) is 5.24. The van der Waals surface area contributed by atoms with E-state index in [1.54, 1.807) is 6.07 Å². The van der Waals surface area contributed by atoms with Crippen molar-refractivity contribution in [3.63, 3.8) is 0 Å². The van der Waals surface area contributed by atoms with Gasteiger partial charge in [-0.1, -0.05) is 73.8 Å². The van der Waals surface area contributed by atoms with Gasteiger partial charge in [0.05, 0.1) is 15.2 Å². The molecule has 0 spiro atoms. The van der Waals surface area contributed by atoms with Gasteiger partial charge in [0.2, 0.25) is 0 Å². The highest BCUT2D eigenvalue weighted by molar-refractivity contribution is 9.12. The Morgan fingerprint density at radius 1 is 1.10 bits per heavy atom. The minimum absolute atomic E-state index is 0.0726. The third-order valence-electron chi connectivity index (χ3n) is 2.85. The number of hydrogen-bond donors (Lipinski definition) is 1. The molecule has 0 aliphatic heterocycles. The second-order valence-electron chi connectivity index (χ2n) is 4.24. The van der Waals surface area contributed by atoms with Gasteiger partial charge in [0.25, 0.3) is 0 Å². The lowest BCUT2D eigenvalue weighted by atomic mass is 10.0. The van der Waals surface area contributed by atoms with Crippen molar-refractivity contribution in [3.8, 4) is 5.75 Å². The summed E-state index contributed by atoms with van der Waals surface area (Å²) in [7, 11) is 0. The normalized spacial score (nSPS) is 13.8. The molecule has 2 aromatic rings. The summed E-state index contributed by atoms with van der Waals surface area (Å²) in [5.74, 6) is -0.299. The predicted octanol–water partition coefficient (Wildman–Crippen LogP) is 5.13. The fraction of sp³-hybridized carbons (Fsp3) is 0.133. The van der Waals surface area contributed by atoms with Crippen molar-refractivity contribution >= 4 is 49.2 Å². The van der Waals surface area contributed by atoms with Gasteiger partial charge in [-0.15, -0.1) is 0 Å². The van der Waals surface area contributed by atoms with Gasteiger partial charge in [-0.3, -0.25) is 4.79 Å². The molecule has 0 heterocycles. The minimum atomic E-state index is -0.505. The van der Waals surface area contributed by atoms with Gasteiger partial charge in [-0.2, -0.15) is 0 Å². The number of phenolic OH excluding ortho intramolecular Hbond substituents is 1. The van der Waals surface area contributed by atoms with Crippen LogP contribution >= 0.6 is 43.5 Å². The summed E-state index contributed by atoms with van der Waals surface area (Å²) in [5, 5.41) is 10.2. The van der Waals surface area contributed by atoms with Crippen molar-refractivity contribution < 1.29 is 9.90 Å². The quantitative estimate of drug-likeness (QED) is 0.552. The Hall–Kier alpha value is -0.840. The maximum atomic E-state index is 12.4. The van der Waals surface area contributed by atoms with E-state index in [9.17, 15) is 9.90 Å². The van der Waals surface area contributed by atoms with E-state index in [1.165, 1.54) is 12.1 Å². The van der Waals surface area contributed by atoms with Crippen molar-refractivity contribution in [1.29, 1.82) is 0 Å². The zero-order chi connectivity index (χ0) is 14.7. The van der Waals surface area contributed by atoms with Gasteiger partial charge in [-0.25, -0.2) is 0 Å². The van der Waals surface area contributed by atoms with Crippen molar-refractivity contribution in [2.75, 3.05) is 0 Å². The molecule has 0 aliphatic carbocycles. The second-order valence-corrected chi connectivity index (χ2v) is 6.65. The number of phenols is 1. The highest BCUT2D eigenvalue weighted by Gasteiger charge is 2.27. The molecule has 104 valence electrons. The zero-order valence-corrected chi connectivity index (χ0v) is 14.2. The summed E-state index contributed by atoms with van der Waals surface area (Å²) in [4.78, 5) is 11.7. The van der Waals surface area contributed by atoms with Crippen LogP contribution in [0.15, 0.2) is 48.5 Å². The van der Waals surface area contributed by atoms with Crippen molar-refractivity contribution in [2.45, 2.75) is 9.65 Å². The van der Waals surface area contributed by atoms with Crippen LogP contribution < -0.4 is 0 Å². The first-order chi connectivity index (χ1) is 9.50. The van der Waals surface area contributed by atoms with Gasteiger partial charge in [0, 0.05) is 5.02 Å². The van der Waals surface area contributed by atoms with E-state index in [0.29, 0.717) is 5.02 Å². The average Bonchev–Trinajstić information content (AvgIpc) is 2.48. The molecule has 0 unspecified atom stereocenters. The van der Waals surface area contributed by atoms with Crippen LogP contribution in [-0.4, -0.2) is 15.7 Å². The van der Waals surface area contributed by atoms with Gasteiger partial charge >= 0.3 is 0 Å². The number of hydrogen-bond acceptors (Lipinski definition) is 2.